The van der Waals surface area contributed by atoms with Gasteiger partial charge in [0, 0.05) is 23.5 Å². The molecule has 0 fully saturated rings. The van der Waals surface area contributed by atoms with Gasteiger partial charge in [0.05, 0.1) is 5.56 Å². The summed E-state index contributed by atoms with van der Waals surface area (Å²) < 4.78 is 19.2. The fraction of sp³-hybridized carbons (Fsp3) is 0.0556. The minimum absolute atomic E-state index is 0.188. The highest BCUT2D eigenvalue weighted by Crippen LogP contribution is 2.24. The topological polar surface area (TPSA) is 52.1 Å². The predicted molar refractivity (Wildman–Crippen MR) is 82.6 cm³/mol. The number of carbonyl (C=O) groups excluding carboxylic acids is 1. The molecular weight excluding hydrogens is 295 g/mol. The summed E-state index contributed by atoms with van der Waals surface area (Å²) in [6.07, 6.45) is 4.66. The second-order valence-electron chi connectivity index (χ2n) is 4.87. The number of ketones is 1. The first-order chi connectivity index (χ1) is 11.2. The van der Waals surface area contributed by atoms with Crippen LogP contribution < -0.4 is 4.74 Å². The van der Waals surface area contributed by atoms with Crippen LogP contribution in [-0.4, -0.2) is 15.8 Å². The van der Waals surface area contributed by atoms with Crippen molar-refractivity contribution in [3.63, 3.8) is 0 Å². The average Bonchev–Trinajstić information content (AvgIpc) is 2.61. The van der Waals surface area contributed by atoms with Crippen molar-refractivity contribution >= 4 is 5.78 Å². The number of aromatic nitrogens is 2. The third-order valence-corrected chi connectivity index (χ3v) is 3.23. The average molecular weight is 308 g/mol. The molecule has 0 bridgehead atoms. The molecule has 0 amide bonds. The largest absolute Gasteiger partial charge is 0.488 e. The molecule has 1 heterocycles. The Morgan fingerprint density at radius 3 is 2.52 bits per heavy atom. The molecule has 114 valence electrons. The lowest BCUT2D eigenvalue weighted by atomic mass is 10.0. The standard InChI is InChI=1S/C18H13FN2O2/c19-15-6-7-17(23-11-13-9-20-12-21-10-13)16(8-15)18(22)14-4-2-1-3-5-14/h1-10,12H,11H2. The minimum atomic E-state index is -0.486. The van der Waals surface area contributed by atoms with Crippen LogP contribution in [0.15, 0.2) is 67.3 Å². The maximum absolute atomic E-state index is 13.6. The lowest BCUT2D eigenvalue weighted by Crippen LogP contribution is -2.06. The third kappa shape index (κ3) is 3.58. The molecule has 1 aromatic heterocycles. The molecule has 0 saturated carbocycles. The van der Waals surface area contributed by atoms with Crippen molar-refractivity contribution in [1.82, 2.24) is 9.97 Å². The Hall–Kier alpha value is -3.08. The Bertz CT molecular complexity index is 808. The number of nitrogens with zero attached hydrogens (tertiary/aromatic N) is 2. The summed E-state index contributed by atoms with van der Waals surface area (Å²) in [5.74, 6) is -0.451. The van der Waals surface area contributed by atoms with Crippen LogP contribution in [0.2, 0.25) is 0 Å². The number of hydrogen-bond acceptors (Lipinski definition) is 4. The summed E-state index contributed by atoms with van der Waals surface area (Å²) in [5.41, 5.74) is 1.42. The highest BCUT2D eigenvalue weighted by atomic mass is 19.1. The van der Waals surface area contributed by atoms with E-state index in [1.165, 1.54) is 24.5 Å². The lowest BCUT2D eigenvalue weighted by molar-refractivity contribution is 0.103. The molecule has 0 radical (unpaired) electrons. The Morgan fingerprint density at radius 2 is 1.78 bits per heavy atom. The number of halogens is 1. The molecule has 0 unspecified atom stereocenters. The molecule has 5 heteroatoms. The van der Waals surface area contributed by atoms with Gasteiger partial charge in [0.25, 0.3) is 0 Å². The van der Waals surface area contributed by atoms with Crippen molar-refractivity contribution in [3.05, 3.63) is 89.8 Å². The monoisotopic (exact) mass is 308 g/mol. The fourth-order valence-corrected chi connectivity index (χ4v) is 2.12. The van der Waals surface area contributed by atoms with Gasteiger partial charge in [0.1, 0.15) is 24.5 Å². The van der Waals surface area contributed by atoms with Gasteiger partial charge in [-0.25, -0.2) is 14.4 Å². The van der Waals surface area contributed by atoms with E-state index in [0.29, 0.717) is 11.3 Å². The molecular formula is C18H13FN2O2. The van der Waals surface area contributed by atoms with Crippen molar-refractivity contribution in [3.8, 4) is 5.75 Å². The van der Waals surface area contributed by atoms with Gasteiger partial charge in [0.15, 0.2) is 5.78 Å². The van der Waals surface area contributed by atoms with Crippen LogP contribution in [0.5, 0.6) is 5.75 Å². The van der Waals surface area contributed by atoms with Crippen LogP contribution in [0, 0.1) is 5.82 Å². The zero-order valence-corrected chi connectivity index (χ0v) is 12.1. The summed E-state index contributed by atoms with van der Waals surface area (Å²) in [7, 11) is 0. The first-order valence-corrected chi connectivity index (χ1v) is 7.00. The van der Waals surface area contributed by atoms with Crippen molar-refractivity contribution in [2.75, 3.05) is 0 Å². The van der Waals surface area contributed by atoms with Crippen LogP contribution in [0.25, 0.3) is 0 Å². The van der Waals surface area contributed by atoms with Gasteiger partial charge in [-0.3, -0.25) is 4.79 Å². The first kappa shape index (κ1) is 14.8. The maximum Gasteiger partial charge on any atom is 0.196 e. The third-order valence-electron chi connectivity index (χ3n) is 3.23. The molecule has 0 spiro atoms. The number of benzene rings is 2. The van der Waals surface area contributed by atoms with Crippen LogP contribution in [0.4, 0.5) is 4.39 Å². The van der Waals surface area contributed by atoms with Crippen LogP contribution >= 0.6 is 0 Å². The van der Waals surface area contributed by atoms with Gasteiger partial charge in [-0.05, 0) is 18.2 Å². The Labute approximate surface area is 132 Å². The van der Waals surface area contributed by atoms with Gasteiger partial charge in [-0.15, -0.1) is 0 Å². The molecule has 0 aliphatic rings. The Kier molecular flexibility index (Phi) is 4.38. The maximum atomic E-state index is 13.6. The van der Waals surface area contributed by atoms with E-state index in [9.17, 15) is 9.18 Å². The van der Waals surface area contributed by atoms with E-state index in [2.05, 4.69) is 9.97 Å². The quantitative estimate of drug-likeness (QED) is 0.678. The number of carbonyl (C=O) groups is 1. The molecule has 4 nitrogen and oxygen atoms in total. The van der Waals surface area contributed by atoms with Gasteiger partial charge in [0.2, 0.25) is 0 Å². The minimum Gasteiger partial charge on any atom is -0.488 e. The van der Waals surface area contributed by atoms with Gasteiger partial charge < -0.3 is 4.74 Å². The van der Waals surface area contributed by atoms with E-state index in [1.54, 1.807) is 36.7 Å². The zero-order valence-electron chi connectivity index (χ0n) is 12.1. The number of hydrogen-bond donors (Lipinski definition) is 0. The zero-order chi connectivity index (χ0) is 16.1. The first-order valence-electron chi connectivity index (χ1n) is 7.00. The van der Waals surface area contributed by atoms with Crippen LogP contribution in [-0.2, 0) is 6.61 Å². The smallest absolute Gasteiger partial charge is 0.196 e. The van der Waals surface area contributed by atoms with Crippen molar-refractivity contribution < 1.29 is 13.9 Å². The van der Waals surface area contributed by atoms with E-state index in [-0.39, 0.29) is 18.0 Å². The van der Waals surface area contributed by atoms with E-state index < -0.39 is 5.82 Å². The molecule has 0 aliphatic heterocycles. The molecule has 0 N–H and O–H groups in total. The molecule has 0 saturated heterocycles. The molecule has 0 atom stereocenters. The van der Waals surface area contributed by atoms with E-state index >= 15 is 0 Å². The predicted octanol–water partition coefficient (Wildman–Crippen LogP) is 3.43. The highest BCUT2D eigenvalue weighted by molar-refractivity contribution is 6.10. The molecule has 0 aliphatic carbocycles. The van der Waals surface area contributed by atoms with Gasteiger partial charge in [-0.2, -0.15) is 0 Å². The summed E-state index contributed by atoms with van der Waals surface area (Å²) in [4.78, 5) is 20.4. The normalized spacial score (nSPS) is 10.3. The van der Waals surface area contributed by atoms with Crippen LogP contribution in [0.1, 0.15) is 21.5 Å². The molecule has 3 rings (SSSR count). The summed E-state index contributed by atoms with van der Waals surface area (Å²) >= 11 is 0. The van der Waals surface area contributed by atoms with Crippen molar-refractivity contribution in [2.45, 2.75) is 6.61 Å². The Morgan fingerprint density at radius 1 is 1.04 bits per heavy atom. The second-order valence-corrected chi connectivity index (χ2v) is 4.87. The summed E-state index contributed by atoms with van der Waals surface area (Å²) in [6, 6.07) is 12.6. The summed E-state index contributed by atoms with van der Waals surface area (Å²) in [6.45, 7) is 0.196. The number of rotatable bonds is 5. The fourth-order valence-electron chi connectivity index (χ4n) is 2.12. The molecule has 23 heavy (non-hydrogen) atoms. The number of ether oxygens (including phenoxy) is 1. The van der Waals surface area contributed by atoms with Crippen molar-refractivity contribution in [2.24, 2.45) is 0 Å². The van der Waals surface area contributed by atoms with E-state index in [4.69, 9.17) is 4.74 Å². The molecule has 2 aromatic carbocycles. The molecule has 3 aromatic rings. The van der Waals surface area contributed by atoms with E-state index in [1.807, 2.05) is 6.07 Å². The Balaban J connectivity index is 1.87. The van der Waals surface area contributed by atoms with Gasteiger partial charge >= 0.3 is 0 Å². The van der Waals surface area contributed by atoms with Crippen molar-refractivity contribution in [1.29, 1.82) is 0 Å². The second kappa shape index (κ2) is 6.79. The SMILES string of the molecule is O=C(c1ccccc1)c1cc(F)ccc1OCc1cncnc1. The van der Waals surface area contributed by atoms with Crippen LogP contribution in [0.3, 0.4) is 0 Å². The highest BCUT2D eigenvalue weighted by Gasteiger charge is 2.16. The lowest BCUT2D eigenvalue weighted by Gasteiger charge is -2.11. The van der Waals surface area contributed by atoms with Gasteiger partial charge in [-0.1, -0.05) is 30.3 Å². The van der Waals surface area contributed by atoms with E-state index in [0.717, 1.165) is 5.56 Å². The summed E-state index contributed by atoms with van der Waals surface area (Å²) in [5, 5.41) is 0.